The quantitative estimate of drug-likeness (QED) is 0.764. The number of aromatic nitrogens is 4. The molecule has 0 unspecified atom stereocenters. The summed E-state index contributed by atoms with van der Waals surface area (Å²) < 4.78 is 15.8. The number of rotatable bonds is 4. The minimum Gasteiger partial charge on any atom is -0.350 e. The van der Waals surface area contributed by atoms with Gasteiger partial charge in [-0.05, 0) is 57.2 Å². The van der Waals surface area contributed by atoms with E-state index in [9.17, 15) is 14.0 Å². The third kappa shape index (κ3) is 4.28. The van der Waals surface area contributed by atoms with Gasteiger partial charge in [0.2, 0.25) is 5.91 Å². The fourth-order valence-electron chi connectivity index (χ4n) is 2.62. The predicted molar refractivity (Wildman–Crippen MR) is 98.9 cm³/mol. The number of nitrogens with one attached hydrogen (secondary N) is 1. The largest absolute Gasteiger partial charge is 0.351 e. The van der Waals surface area contributed by atoms with Gasteiger partial charge in [-0.1, -0.05) is 0 Å². The van der Waals surface area contributed by atoms with E-state index in [1.54, 1.807) is 24.5 Å². The van der Waals surface area contributed by atoms with Crippen molar-refractivity contribution in [3.05, 3.63) is 65.1 Å². The Balaban J connectivity index is 2.08. The van der Waals surface area contributed by atoms with Crippen LogP contribution in [0, 0.1) is 5.82 Å². The smallest absolute Gasteiger partial charge is 0.350 e. The summed E-state index contributed by atoms with van der Waals surface area (Å²) in [5, 5.41) is 7.12. The number of benzene rings is 1. The Morgan fingerprint density at radius 1 is 1.11 bits per heavy atom. The van der Waals surface area contributed by atoms with Crippen molar-refractivity contribution >= 4 is 5.91 Å². The fraction of sp³-hybridized carbons (Fsp3) is 0.263. The molecule has 0 fully saturated rings. The molecule has 0 aliphatic rings. The Kier molecular flexibility index (Phi) is 4.89. The highest BCUT2D eigenvalue weighted by Gasteiger charge is 2.20. The summed E-state index contributed by atoms with van der Waals surface area (Å²) >= 11 is 0. The van der Waals surface area contributed by atoms with Crippen molar-refractivity contribution in [1.29, 1.82) is 0 Å². The maximum Gasteiger partial charge on any atom is 0.351 e. The Hall–Kier alpha value is -3.29. The molecule has 3 rings (SSSR count). The van der Waals surface area contributed by atoms with Crippen LogP contribution >= 0.6 is 0 Å². The maximum absolute atomic E-state index is 13.3. The number of amides is 1. The van der Waals surface area contributed by atoms with E-state index in [2.05, 4.69) is 15.4 Å². The molecule has 8 heteroatoms. The number of hydrogen-bond donors (Lipinski definition) is 1. The van der Waals surface area contributed by atoms with Crippen LogP contribution < -0.4 is 11.0 Å². The highest BCUT2D eigenvalue weighted by molar-refractivity contribution is 5.76. The van der Waals surface area contributed by atoms with Crippen LogP contribution in [0.25, 0.3) is 17.1 Å². The molecule has 140 valence electrons. The molecule has 0 aliphatic carbocycles. The van der Waals surface area contributed by atoms with Crippen LogP contribution in [0.1, 0.15) is 20.8 Å². The molecule has 1 N–H and O–H groups in total. The lowest BCUT2D eigenvalue weighted by atomic mass is 10.1. The van der Waals surface area contributed by atoms with E-state index in [1.165, 1.54) is 28.8 Å². The standard InChI is InChI=1S/C19H20FN5O2/c1-19(2,3)22-16(26)12-24-18(27)25(15-8-10-21-11-9-15)17(23-24)13-4-6-14(20)7-5-13/h4-11H,12H2,1-3H3,(H,22,26). The van der Waals surface area contributed by atoms with Gasteiger partial charge in [0.25, 0.3) is 0 Å². The van der Waals surface area contributed by atoms with Crippen molar-refractivity contribution < 1.29 is 9.18 Å². The number of carbonyl (C=O) groups excluding carboxylic acids is 1. The molecular formula is C19H20FN5O2. The van der Waals surface area contributed by atoms with Gasteiger partial charge in [-0.3, -0.25) is 9.78 Å². The topological polar surface area (TPSA) is 81.8 Å². The van der Waals surface area contributed by atoms with E-state index in [0.29, 0.717) is 17.1 Å². The maximum atomic E-state index is 13.3. The predicted octanol–water partition coefficient (Wildman–Crippen LogP) is 2.15. The van der Waals surface area contributed by atoms with Crippen LogP contribution in [0.3, 0.4) is 0 Å². The van der Waals surface area contributed by atoms with Crippen LogP contribution in [0.5, 0.6) is 0 Å². The lowest BCUT2D eigenvalue weighted by molar-refractivity contribution is -0.123. The van der Waals surface area contributed by atoms with Gasteiger partial charge in [0, 0.05) is 23.5 Å². The highest BCUT2D eigenvalue weighted by Crippen LogP contribution is 2.19. The Morgan fingerprint density at radius 2 is 1.74 bits per heavy atom. The van der Waals surface area contributed by atoms with Gasteiger partial charge in [-0.25, -0.2) is 18.4 Å². The van der Waals surface area contributed by atoms with E-state index < -0.39 is 11.2 Å². The molecule has 1 aromatic carbocycles. The normalized spacial score (nSPS) is 11.4. The average molecular weight is 369 g/mol. The number of carbonyl (C=O) groups is 1. The van der Waals surface area contributed by atoms with E-state index in [0.717, 1.165) is 4.68 Å². The van der Waals surface area contributed by atoms with E-state index >= 15 is 0 Å². The minimum atomic E-state index is -0.468. The van der Waals surface area contributed by atoms with Crippen molar-refractivity contribution in [3.8, 4) is 17.1 Å². The molecule has 0 bridgehead atoms. The molecule has 0 aliphatic heterocycles. The Morgan fingerprint density at radius 3 is 2.33 bits per heavy atom. The van der Waals surface area contributed by atoms with Crippen molar-refractivity contribution in [3.63, 3.8) is 0 Å². The zero-order chi connectivity index (χ0) is 19.6. The second-order valence-corrected chi connectivity index (χ2v) is 7.11. The molecule has 1 amide bonds. The van der Waals surface area contributed by atoms with Crippen LogP contribution in [0.2, 0.25) is 0 Å². The number of nitrogens with zero attached hydrogens (tertiary/aromatic N) is 4. The molecule has 0 saturated carbocycles. The first-order valence-corrected chi connectivity index (χ1v) is 8.42. The van der Waals surface area contributed by atoms with E-state index in [4.69, 9.17) is 0 Å². The summed E-state index contributed by atoms with van der Waals surface area (Å²) in [6.07, 6.45) is 3.11. The summed E-state index contributed by atoms with van der Waals surface area (Å²) in [7, 11) is 0. The second-order valence-electron chi connectivity index (χ2n) is 7.11. The van der Waals surface area contributed by atoms with Gasteiger partial charge in [0.15, 0.2) is 5.82 Å². The van der Waals surface area contributed by atoms with Crippen LogP contribution in [0.4, 0.5) is 4.39 Å². The SMILES string of the molecule is CC(C)(C)NC(=O)Cn1nc(-c2ccc(F)cc2)n(-c2ccncc2)c1=O. The summed E-state index contributed by atoms with van der Waals surface area (Å²) in [5.41, 5.74) is 0.218. The first-order chi connectivity index (χ1) is 12.7. The molecule has 0 atom stereocenters. The highest BCUT2D eigenvalue weighted by atomic mass is 19.1. The monoisotopic (exact) mass is 369 g/mol. The molecule has 27 heavy (non-hydrogen) atoms. The molecule has 0 spiro atoms. The zero-order valence-electron chi connectivity index (χ0n) is 15.3. The lowest BCUT2D eigenvalue weighted by Crippen LogP contribution is -2.43. The van der Waals surface area contributed by atoms with Crippen LogP contribution in [-0.2, 0) is 11.3 Å². The molecule has 3 aromatic rings. The van der Waals surface area contributed by atoms with E-state index in [1.807, 2.05) is 20.8 Å². The third-order valence-electron chi connectivity index (χ3n) is 3.67. The second kappa shape index (κ2) is 7.14. The van der Waals surface area contributed by atoms with Gasteiger partial charge in [-0.15, -0.1) is 5.10 Å². The first-order valence-electron chi connectivity index (χ1n) is 8.42. The van der Waals surface area contributed by atoms with Gasteiger partial charge >= 0.3 is 5.69 Å². The van der Waals surface area contributed by atoms with Gasteiger partial charge in [-0.2, -0.15) is 0 Å². The number of halogens is 1. The first kappa shape index (κ1) is 18.5. The molecule has 7 nitrogen and oxygen atoms in total. The summed E-state index contributed by atoms with van der Waals surface area (Å²) in [6, 6.07) is 8.98. The molecule has 2 heterocycles. The van der Waals surface area contributed by atoms with Crippen molar-refractivity contribution in [1.82, 2.24) is 24.6 Å². The average Bonchev–Trinajstić information content (AvgIpc) is 2.91. The molecular weight excluding hydrogens is 349 g/mol. The van der Waals surface area contributed by atoms with Crippen molar-refractivity contribution in [2.75, 3.05) is 0 Å². The number of hydrogen-bond acceptors (Lipinski definition) is 4. The van der Waals surface area contributed by atoms with Crippen molar-refractivity contribution in [2.45, 2.75) is 32.9 Å². The summed E-state index contributed by atoms with van der Waals surface area (Å²) in [5.74, 6) is -0.398. The van der Waals surface area contributed by atoms with Crippen molar-refractivity contribution in [2.24, 2.45) is 0 Å². The third-order valence-corrected chi connectivity index (χ3v) is 3.67. The fourth-order valence-corrected chi connectivity index (χ4v) is 2.62. The van der Waals surface area contributed by atoms with Gasteiger partial charge in [0.1, 0.15) is 12.4 Å². The minimum absolute atomic E-state index is 0.220. The summed E-state index contributed by atoms with van der Waals surface area (Å²) in [4.78, 5) is 29.1. The number of pyridine rings is 1. The lowest BCUT2D eigenvalue weighted by Gasteiger charge is -2.20. The van der Waals surface area contributed by atoms with E-state index in [-0.39, 0.29) is 18.3 Å². The van der Waals surface area contributed by atoms with Crippen LogP contribution in [0.15, 0.2) is 53.6 Å². The Bertz CT molecular complexity index is 1000. The zero-order valence-corrected chi connectivity index (χ0v) is 15.3. The van der Waals surface area contributed by atoms with Gasteiger partial charge in [0.05, 0.1) is 5.69 Å². The molecule has 0 saturated heterocycles. The molecule has 0 radical (unpaired) electrons. The van der Waals surface area contributed by atoms with Crippen LogP contribution in [-0.4, -0.2) is 30.8 Å². The molecule has 2 aromatic heterocycles. The Labute approximate surface area is 155 Å². The summed E-state index contributed by atoms with van der Waals surface area (Å²) in [6.45, 7) is 5.34. The van der Waals surface area contributed by atoms with Gasteiger partial charge < -0.3 is 5.32 Å².